The number of benzene rings is 1. The molecule has 1 aromatic carbocycles. The van der Waals surface area contributed by atoms with Crippen molar-refractivity contribution in [2.45, 2.75) is 25.1 Å². The molecule has 2 aromatic rings. The number of rotatable bonds is 6. The lowest BCUT2D eigenvalue weighted by molar-refractivity contribution is -0.113. The van der Waals surface area contributed by atoms with Crippen molar-refractivity contribution in [2.75, 3.05) is 22.6 Å². The number of thioether (sulfide) groups is 1. The summed E-state index contributed by atoms with van der Waals surface area (Å²) in [6, 6.07) is 11.8. The van der Waals surface area contributed by atoms with Gasteiger partial charge in [0, 0.05) is 11.3 Å². The Hall–Kier alpha value is -1.80. The molecule has 0 radical (unpaired) electrons. The van der Waals surface area contributed by atoms with E-state index in [9.17, 15) is 13.2 Å². The van der Waals surface area contributed by atoms with Gasteiger partial charge in [-0.2, -0.15) is 5.10 Å². The number of amides is 1. The molecule has 25 heavy (non-hydrogen) atoms. The average Bonchev–Trinajstić information content (AvgIpc) is 3.08. The molecule has 2 heterocycles. The van der Waals surface area contributed by atoms with Crippen molar-refractivity contribution in [3.63, 3.8) is 0 Å². The zero-order valence-corrected chi connectivity index (χ0v) is 15.6. The Balaban J connectivity index is 1.58. The van der Waals surface area contributed by atoms with Crippen molar-refractivity contribution in [1.82, 2.24) is 9.78 Å². The fourth-order valence-corrected chi connectivity index (χ4v) is 6.23. The molecule has 1 aliphatic rings. The van der Waals surface area contributed by atoms with Crippen LogP contribution >= 0.6 is 11.8 Å². The fourth-order valence-electron chi connectivity index (χ4n) is 2.79. The second kappa shape index (κ2) is 7.61. The van der Waals surface area contributed by atoms with Crippen LogP contribution in [0.2, 0.25) is 0 Å². The maximum absolute atomic E-state index is 12.2. The molecular weight excluding hydrogens is 358 g/mol. The second-order valence-electron chi connectivity index (χ2n) is 6.20. The molecule has 6 nitrogen and oxygen atoms in total. The Labute approximate surface area is 151 Å². The maximum Gasteiger partial charge on any atom is 0.235 e. The lowest BCUT2D eigenvalue weighted by Gasteiger charge is -2.10. The summed E-state index contributed by atoms with van der Waals surface area (Å²) in [5.41, 5.74) is 1.94. The second-order valence-corrected chi connectivity index (χ2v) is 9.72. The number of hydrogen-bond donors (Lipinski definition) is 1. The molecular formula is C17H21N3O3S2. The van der Waals surface area contributed by atoms with Gasteiger partial charge < -0.3 is 5.32 Å². The van der Waals surface area contributed by atoms with E-state index in [1.807, 2.05) is 43.3 Å². The number of sulfone groups is 1. The molecule has 1 saturated heterocycles. The summed E-state index contributed by atoms with van der Waals surface area (Å²) in [6.07, 6.45) is 0.630. The van der Waals surface area contributed by atoms with E-state index >= 15 is 0 Å². The predicted octanol–water partition coefficient (Wildman–Crippen LogP) is 2.10. The van der Waals surface area contributed by atoms with Gasteiger partial charge in [0.05, 0.1) is 29.5 Å². The van der Waals surface area contributed by atoms with Gasteiger partial charge >= 0.3 is 0 Å². The van der Waals surface area contributed by atoms with Crippen LogP contribution in [0.3, 0.4) is 0 Å². The van der Waals surface area contributed by atoms with Gasteiger partial charge in [-0.3, -0.25) is 4.79 Å². The number of nitrogens with zero attached hydrogens (tertiary/aromatic N) is 2. The quantitative estimate of drug-likeness (QED) is 0.831. The van der Waals surface area contributed by atoms with Crippen LogP contribution in [0.25, 0.3) is 0 Å². The van der Waals surface area contributed by atoms with Crippen LogP contribution in [0.5, 0.6) is 0 Å². The van der Waals surface area contributed by atoms with Crippen molar-refractivity contribution < 1.29 is 13.2 Å². The van der Waals surface area contributed by atoms with E-state index in [1.54, 1.807) is 4.68 Å². The Morgan fingerprint density at radius 3 is 2.80 bits per heavy atom. The summed E-state index contributed by atoms with van der Waals surface area (Å²) in [4.78, 5) is 12.2. The number of carbonyl (C=O) groups excluding carboxylic acids is 1. The van der Waals surface area contributed by atoms with Gasteiger partial charge in [-0.25, -0.2) is 13.1 Å². The molecule has 1 atom stereocenters. The topological polar surface area (TPSA) is 81.1 Å². The average molecular weight is 380 g/mol. The highest BCUT2D eigenvalue weighted by atomic mass is 32.2. The van der Waals surface area contributed by atoms with Crippen LogP contribution in [0.1, 0.15) is 17.7 Å². The molecule has 0 spiro atoms. The first kappa shape index (κ1) is 18.0. The highest BCUT2D eigenvalue weighted by molar-refractivity contribution is 8.02. The molecule has 0 aliphatic carbocycles. The first-order valence-corrected chi connectivity index (χ1v) is 11.0. The van der Waals surface area contributed by atoms with Gasteiger partial charge in [-0.05, 0) is 18.9 Å². The molecule has 0 saturated carbocycles. The van der Waals surface area contributed by atoms with Crippen LogP contribution in [-0.4, -0.2) is 46.6 Å². The number of nitrogens with one attached hydrogen (secondary N) is 1. The van der Waals surface area contributed by atoms with Crippen LogP contribution in [0, 0.1) is 6.92 Å². The molecule has 8 heteroatoms. The van der Waals surface area contributed by atoms with E-state index in [4.69, 9.17) is 0 Å². The number of carbonyl (C=O) groups is 1. The monoisotopic (exact) mass is 379 g/mol. The molecule has 3 rings (SSSR count). The van der Waals surface area contributed by atoms with Crippen molar-refractivity contribution in [2.24, 2.45) is 0 Å². The van der Waals surface area contributed by atoms with E-state index in [0.29, 0.717) is 18.8 Å². The lowest BCUT2D eigenvalue weighted by atomic mass is 10.2. The third-order valence-corrected chi connectivity index (χ3v) is 7.27. The highest BCUT2D eigenvalue weighted by Gasteiger charge is 2.28. The summed E-state index contributed by atoms with van der Waals surface area (Å²) in [7, 11) is -2.91. The van der Waals surface area contributed by atoms with Crippen LogP contribution in [0.15, 0.2) is 36.4 Å². The van der Waals surface area contributed by atoms with Gasteiger partial charge in [-0.15, -0.1) is 11.8 Å². The van der Waals surface area contributed by atoms with E-state index in [0.717, 1.165) is 11.3 Å². The summed E-state index contributed by atoms with van der Waals surface area (Å²) in [5.74, 6) is 1.18. The van der Waals surface area contributed by atoms with Crippen molar-refractivity contribution in [3.8, 4) is 0 Å². The maximum atomic E-state index is 12.2. The molecule has 134 valence electrons. The number of aryl methyl sites for hydroxylation is 1. The third kappa shape index (κ3) is 5.09. The fraction of sp³-hybridized carbons (Fsp3) is 0.412. The van der Waals surface area contributed by atoms with E-state index in [-0.39, 0.29) is 28.4 Å². The largest absolute Gasteiger partial charge is 0.310 e. The van der Waals surface area contributed by atoms with Crippen molar-refractivity contribution >= 4 is 33.3 Å². The Kier molecular flexibility index (Phi) is 5.48. The number of hydrogen-bond acceptors (Lipinski definition) is 5. The minimum atomic E-state index is -2.91. The molecule has 1 unspecified atom stereocenters. The normalized spacial score (nSPS) is 19.0. The Morgan fingerprint density at radius 2 is 2.12 bits per heavy atom. The van der Waals surface area contributed by atoms with Gasteiger partial charge in [0.1, 0.15) is 5.82 Å². The highest BCUT2D eigenvalue weighted by Crippen LogP contribution is 2.24. The number of anilines is 1. The van der Waals surface area contributed by atoms with E-state index < -0.39 is 9.84 Å². The van der Waals surface area contributed by atoms with Crippen LogP contribution < -0.4 is 5.32 Å². The Morgan fingerprint density at radius 1 is 1.36 bits per heavy atom. The summed E-state index contributed by atoms with van der Waals surface area (Å²) in [5, 5.41) is 7.34. The van der Waals surface area contributed by atoms with Gasteiger partial charge in [0.2, 0.25) is 5.91 Å². The van der Waals surface area contributed by atoms with Crippen molar-refractivity contribution in [3.05, 3.63) is 47.7 Å². The molecule has 1 fully saturated rings. The predicted molar refractivity (Wildman–Crippen MR) is 101 cm³/mol. The van der Waals surface area contributed by atoms with E-state index in [1.165, 1.54) is 11.8 Å². The molecule has 0 bridgehead atoms. The minimum absolute atomic E-state index is 0.0201. The minimum Gasteiger partial charge on any atom is -0.310 e. The van der Waals surface area contributed by atoms with Crippen LogP contribution in [0.4, 0.5) is 5.82 Å². The standard InChI is InChI=1S/C17H21N3O3S2/c1-13-9-16(20(19-13)10-14-5-3-2-4-6-14)18-17(21)11-24-15-7-8-25(22,23)12-15/h2-6,9,15H,7-8,10-12H2,1H3,(H,18,21). The lowest BCUT2D eigenvalue weighted by Crippen LogP contribution is -2.19. The number of aromatic nitrogens is 2. The first-order chi connectivity index (χ1) is 11.9. The van der Waals surface area contributed by atoms with E-state index in [2.05, 4.69) is 10.4 Å². The summed E-state index contributed by atoms with van der Waals surface area (Å²) in [6.45, 7) is 2.47. The SMILES string of the molecule is Cc1cc(NC(=O)CSC2CCS(=O)(=O)C2)n(Cc2ccccc2)n1. The zero-order chi connectivity index (χ0) is 17.9. The molecule has 1 amide bonds. The van der Waals surface area contributed by atoms with Crippen molar-refractivity contribution in [1.29, 1.82) is 0 Å². The molecule has 1 aliphatic heterocycles. The smallest absolute Gasteiger partial charge is 0.235 e. The zero-order valence-electron chi connectivity index (χ0n) is 14.0. The van der Waals surface area contributed by atoms with Gasteiger partial charge in [0.15, 0.2) is 9.84 Å². The van der Waals surface area contributed by atoms with Gasteiger partial charge in [-0.1, -0.05) is 30.3 Å². The van der Waals surface area contributed by atoms with Crippen LogP contribution in [-0.2, 0) is 21.2 Å². The summed E-state index contributed by atoms with van der Waals surface area (Å²) >= 11 is 1.41. The molecule has 1 aromatic heterocycles. The summed E-state index contributed by atoms with van der Waals surface area (Å²) < 4.78 is 24.7. The van der Waals surface area contributed by atoms with Gasteiger partial charge in [0.25, 0.3) is 0 Å². The molecule has 1 N–H and O–H groups in total. The third-order valence-electron chi connectivity index (χ3n) is 3.99. The Bertz CT molecular complexity index is 847. The first-order valence-electron chi connectivity index (χ1n) is 8.11.